The average molecular weight is 316 g/mol. The number of benzene rings is 1. The molecule has 1 heterocycles. The standard InChI is InChI=1S/C11H8BrClN2O2/c12-8-5-14-15(6-8)10-2-1-7(3-9(10)13)4-11(16)17/h1-3,5-6H,4H2,(H,16,17). The molecule has 0 fully saturated rings. The summed E-state index contributed by atoms with van der Waals surface area (Å²) in [7, 11) is 0. The van der Waals surface area contributed by atoms with Crippen molar-refractivity contribution in [3.63, 3.8) is 0 Å². The van der Waals surface area contributed by atoms with Crippen LogP contribution in [-0.4, -0.2) is 20.9 Å². The Labute approximate surface area is 111 Å². The third-order valence-corrected chi connectivity index (χ3v) is 2.88. The Balaban J connectivity index is 2.34. The third-order valence-electron chi connectivity index (χ3n) is 2.17. The van der Waals surface area contributed by atoms with Gasteiger partial charge in [0.1, 0.15) is 0 Å². The maximum Gasteiger partial charge on any atom is 0.307 e. The van der Waals surface area contributed by atoms with Crippen LogP contribution in [0.25, 0.3) is 5.69 Å². The van der Waals surface area contributed by atoms with Crippen molar-refractivity contribution in [2.45, 2.75) is 6.42 Å². The Hall–Kier alpha value is -1.33. The zero-order valence-corrected chi connectivity index (χ0v) is 10.9. The Morgan fingerprint density at radius 3 is 2.82 bits per heavy atom. The molecular formula is C11H8BrClN2O2. The fraction of sp³-hybridized carbons (Fsp3) is 0.0909. The minimum absolute atomic E-state index is 0.0389. The molecule has 6 heteroatoms. The van der Waals surface area contributed by atoms with E-state index in [9.17, 15) is 4.79 Å². The maximum atomic E-state index is 10.6. The quantitative estimate of drug-likeness (QED) is 0.947. The topological polar surface area (TPSA) is 55.1 Å². The average Bonchev–Trinajstić information content (AvgIpc) is 2.64. The molecule has 0 radical (unpaired) electrons. The summed E-state index contributed by atoms with van der Waals surface area (Å²) in [5, 5.41) is 13.3. The molecule has 0 amide bonds. The second-order valence-corrected chi connectivity index (χ2v) is 4.78. The summed E-state index contributed by atoms with van der Waals surface area (Å²) in [4.78, 5) is 10.6. The lowest BCUT2D eigenvalue weighted by atomic mass is 10.1. The lowest BCUT2D eigenvalue weighted by Gasteiger charge is -2.05. The van der Waals surface area contributed by atoms with Gasteiger partial charge in [-0.15, -0.1) is 0 Å². The molecule has 0 aliphatic heterocycles. The van der Waals surface area contributed by atoms with E-state index in [1.165, 1.54) is 0 Å². The smallest absolute Gasteiger partial charge is 0.307 e. The van der Waals surface area contributed by atoms with Gasteiger partial charge in [0, 0.05) is 6.20 Å². The number of nitrogens with zero attached hydrogens (tertiary/aromatic N) is 2. The minimum Gasteiger partial charge on any atom is -0.481 e. The Bertz CT molecular complexity index is 568. The first kappa shape index (κ1) is 12.1. The molecule has 0 atom stereocenters. The fourth-order valence-electron chi connectivity index (χ4n) is 1.45. The van der Waals surface area contributed by atoms with Gasteiger partial charge in [0.05, 0.1) is 27.8 Å². The Kier molecular flexibility index (Phi) is 3.49. The summed E-state index contributed by atoms with van der Waals surface area (Å²) in [6.07, 6.45) is 3.39. The monoisotopic (exact) mass is 314 g/mol. The van der Waals surface area contributed by atoms with Crippen molar-refractivity contribution in [1.82, 2.24) is 9.78 Å². The van der Waals surface area contributed by atoms with E-state index in [1.54, 1.807) is 35.3 Å². The minimum atomic E-state index is -0.879. The van der Waals surface area contributed by atoms with Gasteiger partial charge in [-0.1, -0.05) is 17.7 Å². The first-order valence-electron chi connectivity index (χ1n) is 4.77. The summed E-state index contributed by atoms with van der Waals surface area (Å²) in [6.45, 7) is 0. The fourth-order valence-corrected chi connectivity index (χ4v) is 2.03. The molecule has 0 aliphatic carbocycles. The molecule has 0 spiro atoms. The van der Waals surface area contributed by atoms with Gasteiger partial charge < -0.3 is 5.11 Å². The van der Waals surface area contributed by atoms with E-state index in [2.05, 4.69) is 21.0 Å². The van der Waals surface area contributed by atoms with Crippen LogP contribution in [0.3, 0.4) is 0 Å². The van der Waals surface area contributed by atoms with Crippen LogP contribution in [0.5, 0.6) is 0 Å². The third kappa shape index (κ3) is 2.87. The van der Waals surface area contributed by atoms with Crippen molar-refractivity contribution in [2.24, 2.45) is 0 Å². The molecule has 1 aromatic heterocycles. The molecular weight excluding hydrogens is 307 g/mol. The van der Waals surface area contributed by atoms with Crippen LogP contribution in [0, 0.1) is 0 Å². The largest absolute Gasteiger partial charge is 0.481 e. The Morgan fingerprint density at radius 2 is 2.29 bits per heavy atom. The predicted octanol–water partition coefficient (Wildman–Crippen LogP) is 2.92. The first-order chi connectivity index (χ1) is 8.06. The molecule has 0 aliphatic rings. The number of hydrogen-bond acceptors (Lipinski definition) is 2. The van der Waals surface area contributed by atoms with Gasteiger partial charge in [0.25, 0.3) is 0 Å². The molecule has 2 aromatic rings. The number of halogens is 2. The van der Waals surface area contributed by atoms with Crippen LogP contribution < -0.4 is 0 Å². The van der Waals surface area contributed by atoms with Crippen molar-refractivity contribution < 1.29 is 9.90 Å². The molecule has 0 unspecified atom stereocenters. The number of carboxylic acids is 1. The normalized spacial score (nSPS) is 10.5. The van der Waals surface area contributed by atoms with Crippen molar-refractivity contribution in [3.05, 3.63) is 45.7 Å². The van der Waals surface area contributed by atoms with Gasteiger partial charge in [-0.25, -0.2) is 4.68 Å². The van der Waals surface area contributed by atoms with Gasteiger partial charge in [-0.3, -0.25) is 4.79 Å². The number of aromatic nitrogens is 2. The summed E-state index contributed by atoms with van der Waals surface area (Å²) < 4.78 is 2.47. The number of aliphatic carboxylic acids is 1. The van der Waals surface area contributed by atoms with Crippen molar-refractivity contribution >= 4 is 33.5 Å². The molecule has 88 valence electrons. The van der Waals surface area contributed by atoms with E-state index in [-0.39, 0.29) is 6.42 Å². The predicted molar refractivity (Wildman–Crippen MR) is 67.6 cm³/mol. The highest BCUT2D eigenvalue weighted by atomic mass is 79.9. The maximum absolute atomic E-state index is 10.6. The molecule has 0 bridgehead atoms. The van der Waals surface area contributed by atoms with Crippen molar-refractivity contribution in [3.8, 4) is 5.69 Å². The summed E-state index contributed by atoms with van der Waals surface area (Å²) >= 11 is 9.38. The first-order valence-corrected chi connectivity index (χ1v) is 5.94. The molecule has 4 nitrogen and oxygen atoms in total. The van der Waals surface area contributed by atoms with Crippen molar-refractivity contribution in [1.29, 1.82) is 0 Å². The lowest BCUT2D eigenvalue weighted by molar-refractivity contribution is -0.136. The second-order valence-electron chi connectivity index (χ2n) is 3.46. The number of rotatable bonds is 3. The van der Waals surface area contributed by atoms with Gasteiger partial charge >= 0.3 is 5.97 Å². The van der Waals surface area contributed by atoms with Gasteiger partial charge in [0.15, 0.2) is 0 Å². The van der Waals surface area contributed by atoms with E-state index >= 15 is 0 Å². The van der Waals surface area contributed by atoms with Crippen LogP contribution in [0.4, 0.5) is 0 Å². The highest BCUT2D eigenvalue weighted by Crippen LogP contribution is 2.23. The lowest BCUT2D eigenvalue weighted by Crippen LogP contribution is -2.01. The van der Waals surface area contributed by atoms with E-state index < -0.39 is 5.97 Å². The molecule has 0 saturated carbocycles. The summed E-state index contributed by atoms with van der Waals surface area (Å²) in [5.41, 5.74) is 1.38. The van der Waals surface area contributed by atoms with Gasteiger partial charge in [0.2, 0.25) is 0 Å². The zero-order valence-electron chi connectivity index (χ0n) is 8.60. The highest BCUT2D eigenvalue weighted by molar-refractivity contribution is 9.10. The van der Waals surface area contributed by atoms with Crippen molar-refractivity contribution in [2.75, 3.05) is 0 Å². The molecule has 2 rings (SSSR count). The Morgan fingerprint density at radius 1 is 1.53 bits per heavy atom. The second kappa shape index (κ2) is 4.89. The molecule has 1 aromatic carbocycles. The zero-order chi connectivity index (χ0) is 12.4. The molecule has 0 saturated heterocycles. The van der Waals surface area contributed by atoms with E-state index in [0.717, 1.165) is 4.47 Å². The van der Waals surface area contributed by atoms with Crippen LogP contribution >= 0.6 is 27.5 Å². The highest BCUT2D eigenvalue weighted by Gasteiger charge is 2.07. The van der Waals surface area contributed by atoms with Crippen LogP contribution in [0.15, 0.2) is 35.1 Å². The van der Waals surface area contributed by atoms with Crippen LogP contribution in [-0.2, 0) is 11.2 Å². The summed E-state index contributed by atoms with van der Waals surface area (Å²) in [6, 6.07) is 5.12. The van der Waals surface area contributed by atoms with E-state index in [1.807, 2.05) is 0 Å². The molecule has 17 heavy (non-hydrogen) atoms. The summed E-state index contributed by atoms with van der Waals surface area (Å²) in [5.74, 6) is -0.879. The number of hydrogen-bond donors (Lipinski definition) is 1. The SMILES string of the molecule is O=C(O)Cc1ccc(-n2cc(Br)cn2)c(Cl)c1. The van der Waals surface area contributed by atoms with Gasteiger partial charge in [-0.05, 0) is 33.6 Å². The van der Waals surface area contributed by atoms with Crippen LogP contribution in [0.1, 0.15) is 5.56 Å². The van der Waals surface area contributed by atoms with Gasteiger partial charge in [-0.2, -0.15) is 5.10 Å². The number of carboxylic acid groups (broad SMARTS) is 1. The molecule has 1 N–H and O–H groups in total. The van der Waals surface area contributed by atoms with Crippen LogP contribution in [0.2, 0.25) is 5.02 Å². The number of carbonyl (C=O) groups is 1. The van der Waals surface area contributed by atoms with E-state index in [0.29, 0.717) is 16.3 Å². The van der Waals surface area contributed by atoms with E-state index in [4.69, 9.17) is 16.7 Å².